The Morgan fingerprint density at radius 2 is 1.88 bits per heavy atom. The van der Waals surface area contributed by atoms with Gasteiger partial charge >= 0.3 is 5.97 Å². The van der Waals surface area contributed by atoms with Crippen LogP contribution in [0.4, 0.5) is 0 Å². The summed E-state index contributed by atoms with van der Waals surface area (Å²) in [4.78, 5) is 12.6. The minimum Gasteiger partial charge on any atom is -0.507 e. The van der Waals surface area contributed by atoms with Gasteiger partial charge in [-0.15, -0.1) is 0 Å². The number of epoxide rings is 1. The number of halogens is 1. The number of hydrogen-bond acceptors (Lipinski definition) is 6. The summed E-state index contributed by atoms with van der Waals surface area (Å²) in [5, 5.41) is 30.2. The van der Waals surface area contributed by atoms with E-state index in [1.54, 1.807) is 6.92 Å². The zero-order valence-electron chi connectivity index (χ0n) is 14.1. The van der Waals surface area contributed by atoms with Crippen LogP contribution in [0.2, 0.25) is 5.02 Å². The Morgan fingerprint density at radius 3 is 2.64 bits per heavy atom. The number of fused-ring (bicyclic) bond motifs is 2. The van der Waals surface area contributed by atoms with E-state index in [2.05, 4.69) is 0 Å². The molecule has 0 aliphatic carbocycles. The molecule has 1 saturated heterocycles. The van der Waals surface area contributed by atoms with Gasteiger partial charge in [0.15, 0.2) is 0 Å². The van der Waals surface area contributed by atoms with Gasteiger partial charge in [-0.3, -0.25) is 0 Å². The first-order chi connectivity index (χ1) is 11.9. The molecular formula is C18H23ClO6. The van der Waals surface area contributed by atoms with Crippen LogP contribution in [0.15, 0.2) is 6.07 Å². The average Bonchev–Trinajstić information content (AvgIpc) is 3.25. The van der Waals surface area contributed by atoms with Crippen molar-refractivity contribution in [1.29, 1.82) is 0 Å². The molecule has 0 amide bonds. The summed E-state index contributed by atoms with van der Waals surface area (Å²) in [6, 6.07) is 1.02. The number of aliphatic hydroxyl groups excluding tert-OH is 1. The van der Waals surface area contributed by atoms with Crippen molar-refractivity contribution in [1.82, 2.24) is 0 Å². The quantitative estimate of drug-likeness (QED) is 0.479. The lowest BCUT2D eigenvalue weighted by Crippen LogP contribution is -2.21. The number of rotatable bonds is 0. The SMILES string of the molecule is C[C@@H]1C[C@H]2O[C@H]2CCCC[C@H](O)Cc2c(Cl)c(O)cc(O)c2C(=O)O1. The maximum Gasteiger partial charge on any atom is 0.342 e. The third-order valence-corrected chi connectivity index (χ3v) is 5.22. The van der Waals surface area contributed by atoms with E-state index >= 15 is 0 Å². The lowest BCUT2D eigenvalue weighted by molar-refractivity contribution is 0.0304. The molecule has 138 valence electrons. The van der Waals surface area contributed by atoms with Crippen LogP contribution in [0.3, 0.4) is 0 Å². The number of carbonyl (C=O) groups excluding carboxylic acids is 1. The van der Waals surface area contributed by atoms with E-state index in [4.69, 9.17) is 21.1 Å². The molecule has 0 spiro atoms. The number of aromatic hydroxyl groups is 2. The molecule has 0 saturated carbocycles. The Kier molecular flexibility index (Phi) is 5.41. The second-order valence-corrected chi connectivity index (χ2v) is 7.27. The van der Waals surface area contributed by atoms with Gasteiger partial charge in [-0.25, -0.2) is 4.79 Å². The topological polar surface area (TPSA) is 99.5 Å². The Morgan fingerprint density at radius 1 is 1.16 bits per heavy atom. The first kappa shape index (κ1) is 18.3. The van der Waals surface area contributed by atoms with Crippen LogP contribution in [0.5, 0.6) is 11.5 Å². The Hall–Kier alpha value is -1.50. The second kappa shape index (κ2) is 7.40. The fourth-order valence-electron chi connectivity index (χ4n) is 3.42. The van der Waals surface area contributed by atoms with Crippen LogP contribution < -0.4 is 0 Å². The van der Waals surface area contributed by atoms with E-state index in [9.17, 15) is 20.1 Å². The maximum atomic E-state index is 12.6. The van der Waals surface area contributed by atoms with Crippen LogP contribution in [0, 0.1) is 0 Å². The van der Waals surface area contributed by atoms with Crippen LogP contribution in [0.25, 0.3) is 0 Å². The molecule has 25 heavy (non-hydrogen) atoms. The highest BCUT2D eigenvalue weighted by Crippen LogP contribution is 2.38. The third kappa shape index (κ3) is 4.19. The van der Waals surface area contributed by atoms with E-state index in [-0.39, 0.29) is 46.6 Å². The molecule has 2 aliphatic rings. The van der Waals surface area contributed by atoms with E-state index in [0.717, 1.165) is 25.3 Å². The van der Waals surface area contributed by atoms with Crippen LogP contribution in [-0.2, 0) is 15.9 Å². The average molecular weight is 371 g/mol. The van der Waals surface area contributed by atoms with E-state index in [1.807, 2.05) is 0 Å². The van der Waals surface area contributed by atoms with E-state index in [0.29, 0.717) is 12.8 Å². The number of phenols is 2. The van der Waals surface area contributed by atoms with E-state index < -0.39 is 17.8 Å². The summed E-state index contributed by atoms with van der Waals surface area (Å²) >= 11 is 6.13. The molecule has 3 rings (SSSR count). The fourth-order valence-corrected chi connectivity index (χ4v) is 3.65. The lowest BCUT2D eigenvalue weighted by atomic mass is 9.96. The minimum absolute atomic E-state index is 0.0471. The maximum absolute atomic E-state index is 12.6. The standard InChI is InChI=1S/C18H23ClO6/c1-9-6-15-14(25-15)5-3-2-4-10(20)7-11-16(18(23)24-9)12(21)8-13(22)17(11)19/h8-10,14-15,20-22H,2-7H2,1H3/t9-,10+,14+,15-/m1/s1. The molecule has 1 fully saturated rings. The highest BCUT2D eigenvalue weighted by atomic mass is 35.5. The number of esters is 1. The largest absolute Gasteiger partial charge is 0.507 e. The summed E-state index contributed by atoms with van der Waals surface area (Å²) in [5.41, 5.74) is 0.112. The first-order valence-electron chi connectivity index (χ1n) is 8.64. The highest BCUT2D eigenvalue weighted by Gasteiger charge is 2.40. The molecule has 1 aromatic rings. The van der Waals surface area contributed by atoms with Gasteiger partial charge in [0.2, 0.25) is 0 Å². The van der Waals surface area contributed by atoms with Gasteiger partial charge in [-0.2, -0.15) is 0 Å². The Balaban J connectivity index is 1.92. The van der Waals surface area contributed by atoms with Gasteiger partial charge in [0, 0.05) is 18.9 Å². The lowest BCUT2D eigenvalue weighted by Gasteiger charge is -2.19. The van der Waals surface area contributed by atoms with Crippen molar-refractivity contribution >= 4 is 17.6 Å². The van der Waals surface area contributed by atoms with E-state index in [1.165, 1.54) is 0 Å². The molecule has 4 atom stereocenters. The Labute approximate surface area is 151 Å². The zero-order chi connectivity index (χ0) is 18.1. The fraction of sp³-hybridized carbons (Fsp3) is 0.611. The van der Waals surface area contributed by atoms with Gasteiger partial charge in [0.1, 0.15) is 23.2 Å². The summed E-state index contributed by atoms with van der Waals surface area (Å²) in [7, 11) is 0. The molecule has 6 nitrogen and oxygen atoms in total. The molecule has 1 aromatic carbocycles. The number of hydrogen-bond donors (Lipinski definition) is 3. The third-order valence-electron chi connectivity index (χ3n) is 4.80. The monoisotopic (exact) mass is 370 g/mol. The molecule has 2 aliphatic heterocycles. The normalized spacial score (nSPS) is 30.6. The molecule has 0 unspecified atom stereocenters. The molecule has 0 radical (unpaired) electrons. The van der Waals surface area contributed by atoms with Crippen molar-refractivity contribution in [2.75, 3.05) is 0 Å². The number of ether oxygens (including phenoxy) is 2. The molecule has 2 heterocycles. The molecule has 3 N–H and O–H groups in total. The van der Waals surface area contributed by atoms with Gasteiger partial charge in [0.25, 0.3) is 0 Å². The zero-order valence-corrected chi connectivity index (χ0v) is 14.8. The van der Waals surface area contributed by atoms with Crippen LogP contribution >= 0.6 is 11.6 Å². The van der Waals surface area contributed by atoms with Gasteiger partial charge in [0.05, 0.1) is 23.3 Å². The number of carbonyl (C=O) groups is 1. The van der Waals surface area contributed by atoms with Gasteiger partial charge in [-0.1, -0.05) is 24.4 Å². The number of benzene rings is 1. The number of aliphatic hydroxyl groups is 1. The van der Waals surface area contributed by atoms with Gasteiger partial charge in [-0.05, 0) is 25.3 Å². The summed E-state index contributed by atoms with van der Waals surface area (Å²) in [6.07, 6.45) is 3.07. The number of phenolic OH excluding ortho intramolecular Hbond substituents is 2. The van der Waals surface area contributed by atoms with Crippen molar-refractivity contribution in [3.63, 3.8) is 0 Å². The second-order valence-electron chi connectivity index (χ2n) is 6.89. The minimum atomic E-state index is -0.735. The van der Waals surface area contributed by atoms with Crippen molar-refractivity contribution < 1.29 is 29.6 Å². The summed E-state index contributed by atoms with van der Waals surface area (Å²) < 4.78 is 11.0. The predicted octanol–water partition coefficient (Wildman–Crippen LogP) is 2.93. The molecule has 0 bridgehead atoms. The molecule has 7 heteroatoms. The van der Waals surface area contributed by atoms with Gasteiger partial charge < -0.3 is 24.8 Å². The summed E-state index contributed by atoms with van der Waals surface area (Å²) in [6.45, 7) is 1.77. The predicted molar refractivity (Wildman–Crippen MR) is 91.1 cm³/mol. The molecular weight excluding hydrogens is 348 g/mol. The van der Waals surface area contributed by atoms with Crippen LogP contribution in [0.1, 0.15) is 54.9 Å². The Bertz CT molecular complexity index is 661. The van der Waals surface area contributed by atoms with Crippen molar-refractivity contribution in [2.45, 2.75) is 69.9 Å². The molecule has 0 aromatic heterocycles. The smallest absolute Gasteiger partial charge is 0.342 e. The number of cyclic esters (lactones) is 1. The van der Waals surface area contributed by atoms with Crippen molar-refractivity contribution in [3.05, 3.63) is 22.2 Å². The summed E-state index contributed by atoms with van der Waals surface area (Å²) in [5.74, 6) is -1.46. The van der Waals surface area contributed by atoms with Crippen molar-refractivity contribution in [3.8, 4) is 11.5 Å². The first-order valence-corrected chi connectivity index (χ1v) is 9.02. The van der Waals surface area contributed by atoms with Crippen molar-refractivity contribution in [2.24, 2.45) is 0 Å². The van der Waals surface area contributed by atoms with Crippen LogP contribution in [-0.4, -0.2) is 45.7 Å². The highest BCUT2D eigenvalue weighted by molar-refractivity contribution is 6.33.